The first kappa shape index (κ1) is 18.0. The van der Waals surface area contributed by atoms with E-state index >= 15 is 0 Å². The maximum absolute atomic E-state index is 11.9. The van der Waals surface area contributed by atoms with E-state index in [2.05, 4.69) is 10.3 Å². The first-order chi connectivity index (χ1) is 12.1. The number of aromatic nitrogens is 1. The zero-order valence-electron chi connectivity index (χ0n) is 13.6. The van der Waals surface area contributed by atoms with Crippen molar-refractivity contribution in [1.82, 2.24) is 10.3 Å². The van der Waals surface area contributed by atoms with E-state index in [-0.39, 0.29) is 5.91 Å². The summed E-state index contributed by atoms with van der Waals surface area (Å²) in [7, 11) is 0. The van der Waals surface area contributed by atoms with Crippen LogP contribution in [0.4, 0.5) is 0 Å². The molecule has 0 aliphatic rings. The molecule has 2 aromatic heterocycles. The normalized spacial score (nSPS) is 10.8. The molecule has 0 radical (unpaired) electrons. The van der Waals surface area contributed by atoms with Crippen molar-refractivity contribution < 1.29 is 9.21 Å². The Kier molecular flexibility index (Phi) is 6.18. The van der Waals surface area contributed by atoms with Crippen LogP contribution in [0.1, 0.15) is 16.3 Å². The van der Waals surface area contributed by atoms with Crippen LogP contribution in [0.5, 0.6) is 0 Å². The highest BCUT2D eigenvalue weighted by Gasteiger charge is 2.12. The Morgan fingerprint density at radius 1 is 1.36 bits per heavy atom. The molecule has 4 nitrogen and oxygen atoms in total. The Bertz CT molecular complexity index is 847. The smallest absolute Gasteiger partial charge is 0.230 e. The molecule has 3 rings (SSSR count). The zero-order valence-corrected chi connectivity index (χ0v) is 16.0. The standard InChI is InChI=1S/C18H17ClN2O2S2/c1-12-16(21-18(23-12)13-4-2-5-14(19)8-13)10-24-11-17(22)20-9-15-6-3-7-25-15/h2-8H,9-11H2,1H3,(H,20,22). The predicted octanol–water partition coefficient (Wildman–Crippen LogP) is 4.91. The molecule has 3 aromatic rings. The fourth-order valence-corrected chi connectivity index (χ4v) is 3.88. The second-order valence-electron chi connectivity index (χ2n) is 5.38. The minimum absolute atomic E-state index is 0.0228. The summed E-state index contributed by atoms with van der Waals surface area (Å²) in [6.07, 6.45) is 0. The van der Waals surface area contributed by atoms with Crippen molar-refractivity contribution in [3.63, 3.8) is 0 Å². The van der Waals surface area contributed by atoms with Crippen LogP contribution in [0.2, 0.25) is 5.02 Å². The lowest BCUT2D eigenvalue weighted by molar-refractivity contribution is -0.118. The lowest BCUT2D eigenvalue weighted by Crippen LogP contribution is -2.24. The number of halogens is 1. The van der Waals surface area contributed by atoms with Crippen molar-refractivity contribution in [3.05, 3.63) is 63.1 Å². The van der Waals surface area contributed by atoms with Gasteiger partial charge < -0.3 is 9.73 Å². The van der Waals surface area contributed by atoms with Gasteiger partial charge in [-0.2, -0.15) is 0 Å². The number of hydrogen-bond acceptors (Lipinski definition) is 5. The number of benzene rings is 1. The van der Waals surface area contributed by atoms with Gasteiger partial charge in [-0.1, -0.05) is 23.7 Å². The van der Waals surface area contributed by atoms with Crippen molar-refractivity contribution in [2.75, 3.05) is 5.75 Å². The van der Waals surface area contributed by atoms with Gasteiger partial charge in [-0.05, 0) is 36.6 Å². The fourth-order valence-electron chi connectivity index (χ4n) is 2.20. The molecule has 1 amide bonds. The van der Waals surface area contributed by atoms with Crippen molar-refractivity contribution in [1.29, 1.82) is 0 Å². The van der Waals surface area contributed by atoms with Crippen molar-refractivity contribution in [2.24, 2.45) is 0 Å². The summed E-state index contributed by atoms with van der Waals surface area (Å²) in [4.78, 5) is 17.6. The molecule has 0 fully saturated rings. The molecule has 7 heteroatoms. The third kappa shape index (κ3) is 5.11. The average Bonchev–Trinajstić information content (AvgIpc) is 3.23. The summed E-state index contributed by atoms with van der Waals surface area (Å²) in [6, 6.07) is 11.4. The summed E-state index contributed by atoms with van der Waals surface area (Å²) in [6.45, 7) is 2.47. The van der Waals surface area contributed by atoms with E-state index in [1.165, 1.54) is 11.8 Å². The number of thioether (sulfide) groups is 1. The summed E-state index contributed by atoms with van der Waals surface area (Å²) >= 11 is 9.17. The summed E-state index contributed by atoms with van der Waals surface area (Å²) in [5.74, 6) is 2.36. The molecule has 0 atom stereocenters. The van der Waals surface area contributed by atoms with Crippen molar-refractivity contribution in [3.8, 4) is 11.5 Å². The molecule has 0 aliphatic carbocycles. The lowest BCUT2D eigenvalue weighted by Gasteiger charge is -2.03. The number of amides is 1. The maximum atomic E-state index is 11.9. The van der Waals surface area contributed by atoms with E-state index in [0.29, 0.717) is 29.0 Å². The maximum Gasteiger partial charge on any atom is 0.230 e. The van der Waals surface area contributed by atoms with E-state index < -0.39 is 0 Å². The predicted molar refractivity (Wildman–Crippen MR) is 104 cm³/mol. The molecular formula is C18H17ClN2O2S2. The van der Waals surface area contributed by atoms with Gasteiger partial charge in [-0.3, -0.25) is 4.79 Å². The molecule has 2 heterocycles. The van der Waals surface area contributed by atoms with Crippen LogP contribution < -0.4 is 5.32 Å². The van der Waals surface area contributed by atoms with Gasteiger partial charge in [-0.25, -0.2) is 4.98 Å². The number of aryl methyl sites for hydroxylation is 1. The van der Waals surface area contributed by atoms with Gasteiger partial charge in [0.2, 0.25) is 11.8 Å². The minimum atomic E-state index is 0.0228. The Balaban J connectivity index is 1.51. The largest absolute Gasteiger partial charge is 0.441 e. The van der Waals surface area contributed by atoms with Gasteiger partial charge in [0.15, 0.2) is 0 Å². The Morgan fingerprint density at radius 3 is 3.00 bits per heavy atom. The molecular weight excluding hydrogens is 376 g/mol. The number of hydrogen-bond donors (Lipinski definition) is 1. The molecule has 0 unspecified atom stereocenters. The quantitative estimate of drug-likeness (QED) is 0.620. The Hall–Kier alpha value is -1.76. The molecule has 0 spiro atoms. The number of carbonyl (C=O) groups excluding carboxylic acids is 1. The molecule has 130 valence electrons. The van der Waals surface area contributed by atoms with Gasteiger partial charge in [0.1, 0.15) is 5.76 Å². The highest BCUT2D eigenvalue weighted by Crippen LogP contribution is 2.26. The number of rotatable bonds is 7. The third-order valence-corrected chi connectivity index (χ3v) is 5.53. The third-order valence-electron chi connectivity index (χ3n) is 3.48. The molecule has 0 aliphatic heterocycles. The first-order valence-corrected chi connectivity index (χ1v) is 10.1. The van der Waals surface area contributed by atoms with Crippen LogP contribution in [0, 0.1) is 6.92 Å². The van der Waals surface area contributed by atoms with E-state index in [0.717, 1.165) is 21.9 Å². The lowest BCUT2D eigenvalue weighted by atomic mass is 10.2. The number of oxazole rings is 1. The number of nitrogens with one attached hydrogen (secondary N) is 1. The topological polar surface area (TPSA) is 55.1 Å². The first-order valence-electron chi connectivity index (χ1n) is 7.71. The number of nitrogens with zero attached hydrogens (tertiary/aromatic N) is 1. The SMILES string of the molecule is Cc1oc(-c2cccc(Cl)c2)nc1CSCC(=O)NCc1cccs1. The highest BCUT2D eigenvalue weighted by molar-refractivity contribution is 7.99. The van der Waals surface area contributed by atoms with Crippen LogP contribution in [0.15, 0.2) is 46.2 Å². The van der Waals surface area contributed by atoms with Crippen LogP contribution in [-0.2, 0) is 17.1 Å². The molecule has 1 aromatic carbocycles. The van der Waals surface area contributed by atoms with E-state index in [9.17, 15) is 4.79 Å². The number of carbonyl (C=O) groups is 1. The van der Waals surface area contributed by atoms with Gasteiger partial charge in [0, 0.05) is 21.2 Å². The highest BCUT2D eigenvalue weighted by atomic mass is 35.5. The van der Waals surface area contributed by atoms with Gasteiger partial charge in [0.05, 0.1) is 18.0 Å². The molecule has 0 saturated heterocycles. The minimum Gasteiger partial charge on any atom is -0.441 e. The van der Waals surface area contributed by atoms with E-state index in [1.807, 2.05) is 48.7 Å². The van der Waals surface area contributed by atoms with Gasteiger partial charge in [-0.15, -0.1) is 23.1 Å². The molecule has 0 bridgehead atoms. The summed E-state index contributed by atoms with van der Waals surface area (Å²) in [5, 5.41) is 5.56. The zero-order chi connectivity index (χ0) is 17.6. The Labute approximate surface area is 159 Å². The fraction of sp³-hybridized carbons (Fsp3) is 0.222. The van der Waals surface area contributed by atoms with Gasteiger partial charge in [0.25, 0.3) is 0 Å². The van der Waals surface area contributed by atoms with E-state index in [1.54, 1.807) is 11.3 Å². The van der Waals surface area contributed by atoms with Gasteiger partial charge >= 0.3 is 0 Å². The summed E-state index contributed by atoms with van der Waals surface area (Å²) < 4.78 is 5.73. The number of thiophene rings is 1. The molecule has 1 N–H and O–H groups in total. The summed E-state index contributed by atoms with van der Waals surface area (Å²) in [5.41, 5.74) is 1.70. The van der Waals surface area contributed by atoms with Crippen molar-refractivity contribution in [2.45, 2.75) is 19.2 Å². The monoisotopic (exact) mass is 392 g/mol. The second kappa shape index (κ2) is 8.56. The second-order valence-corrected chi connectivity index (χ2v) is 7.84. The Morgan fingerprint density at radius 2 is 2.24 bits per heavy atom. The van der Waals surface area contributed by atoms with Crippen molar-refractivity contribution >= 4 is 40.6 Å². The van der Waals surface area contributed by atoms with Crippen LogP contribution in [0.25, 0.3) is 11.5 Å². The van der Waals surface area contributed by atoms with Crippen LogP contribution in [-0.4, -0.2) is 16.6 Å². The average molecular weight is 393 g/mol. The van der Waals surface area contributed by atoms with Crippen LogP contribution >= 0.6 is 34.7 Å². The molecule has 0 saturated carbocycles. The van der Waals surface area contributed by atoms with Crippen LogP contribution in [0.3, 0.4) is 0 Å². The van der Waals surface area contributed by atoms with E-state index in [4.69, 9.17) is 16.0 Å². The molecule has 25 heavy (non-hydrogen) atoms.